The number of thiol groups is 5. The van der Waals surface area contributed by atoms with Crippen LogP contribution in [-0.2, 0) is 104 Å². The predicted octanol–water partition coefficient (Wildman–Crippen LogP) is 3.41. The number of methoxy groups -OCH3 is 2. The average molecular weight is 1600 g/mol. The van der Waals surface area contributed by atoms with Crippen LogP contribution in [0.4, 0.5) is 5.95 Å². The highest BCUT2D eigenvalue weighted by Gasteiger charge is 2.54. The van der Waals surface area contributed by atoms with E-state index in [2.05, 4.69) is 91.1 Å². The fourth-order valence-electron chi connectivity index (χ4n) is 10.6. The van der Waals surface area contributed by atoms with E-state index < -0.39 is 184 Å². The second-order valence-corrected chi connectivity index (χ2v) is 39.2. The van der Waals surface area contributed by atoms with Gasteiger partial charge in [-0.15, -0.1) is 0 Å². The van der Waals surface area contributed by atoms with Crippen molar-refractivity contribution in [2.75, 3.05) is 59.6 Å². The van der Waals surface area contributed by atoms with Gasteiger partial charge in [-0.25, -0.2) is 37.6 Å². The van der Waals surface area contributed by atoms with Crippen molar-refractivity contribution in [2.45, 2.75) is 146 Å². The number of aryl methyl sites for hydroxylation is 3. The van der Waals surface area contributed by atoms with Crippen LogP contribution in [0.1, 0.15) is 74.7 Å². The quantitative estimate of drug-likeness (QED) is 0.0167. The molecule has 7 N–H and O–H groups in total. The van der Waals surface area contributed by atoms with Gasteiger partial charge in [0.2, 0.25) is 11.6 Å². The van der Waals surface area contributed by atoms with Crippen LogP contribution < -0.4 is 45.0 Å². The summed E-state index contributed by atoms with van der Waals surface area (Å²) in [5, 5.41) is 9.32. The number of aromatic nitrogens is 10. The fourth-order valence-corrected chi connectivity index (χ4v) is 19.1. The van der Waals surface area contributed by atoms with E-state index >= 15 is 0 Å². The van der Waals surface area contributed by atoms with Gasteiger partial charge in [-0.3, -0.25) is 89.0 Å². The third-order valence-corrected chi connectivity index (χ3v) is 24.0. The monoisotopic (exact) mass is 1600 g/mol. The van der Waals surface area contributed by atoms with Crippen molar-refractivity contribution in [3.05, 3.63) is 114 Å². The molecular weight excluding hydrogens is 1530 g/mol. The van der Waals surface area contributed by atoms with E-state index in [1.807, 2.05) is 0 Å². The zero-order valence-corrected chi connectivity index (χ0v) is 62.2. The number of hydrogen-bond acceptors (Lipinski definition) is 32. The largest absolute Gasteiger partial charge is 0.396 e. The van der Waals surface area contributed by atoms with Gasteiger partial charge in [-0.2, -0.15) is 4.98 Å². The molecule has 98 heavy (non-hydrogen) atoms. The highest BCUT2D eigenvalue weighted by Crippen LogP contribution is 2.62. The number of rotatable bonds is 32. The summed E-state index contributed by atoms with van der Waals surface area (Å²) in [6.45, 7) is -14.6. The van der Waals surface area contributed by atoms with E-state index in [0.717, 1.165) is 33.2 Å². The molecule has 5 aromatic rings. The number of fused-ring (bicyclic) bond motifs is 1. The first kappa shape index (κ1) is 79.0. The van der Waals surface area contributed by atoms with Crippen LogP contribution in [0, 0.1) is 20.8 Å². The highest BCUT2D eigenvalue weighted by atomic mass is 32.9. The molecule has 7 unspecified atom stereocenters. The van der Waals surface area contributed by atoms with E-state index in [1.165, 1.54) is 45.0 Å². The standard InChI is InChI=1S/C48H70N11O28P5S6/c1-21(2)83-92(97,98)78-17-28-26(12-32(80-28)59-20-50-33-38(59)51-45(49)52-42(33)64)85-89(69,94)75-16-27-25(11-31(79-27)56-13-22(3)39(61)53-46(56)65)84-90(70,95)76-18-29-35(37(73-7)44(81-29)58-15-24(5)41(63)55-48(58)67)87-91(71,96)77-19-30-34(86-88(68,93)74-10-8-9-60)36(72-6)43(82-30)57-14-23(4)40(62)54-47(57)66/h13-15,20-21,25-32,34-37,43-44,60H,8-12,16-19H2,1-7H3,(H,68,93)(H,69,94)(H,70,95)(H,71,96)(H,97,98)(H,53,61,65)(H,54,62,66)(H,55,63,67)(H3,49,51,52,64)/t25-,26-,27-,28-,29-,30-,31-,32-,34+,35+,36?,37?,43-,44-,88?,89?,90?,91?/m1/s1. The fraction of sp³-hybridized carbons (Fsp3) is 0.646. The molecule has 546 valence electrons. The van der Waals surface area contributed by atoms with Gasteiger partial charge < -0.3 is 52.8 Å². The lowest BCUT2D eigenvalue weighted by Crippen LogP contribution is -2.40. The number of aliphatic hydroxyl groups excluding tert-OH is 1. The van der Waals surface area contributed by atoms with E-state index in [9.17, 15) is 56.9 Å². The molecule has 9 rings (SSSR count). The topological polar surface area (TPSA) is 490 Å². The van der Waals surface area contributed by atoms with Gasteiger partial charge >= 0.3 is 44.3 Å². The van der Waals surface area contributed by atoms with Gasteiger partial charge in [0.1, 0.15) is 73.5 Å². The number of ether oxygens (including phenoxy) is 6. The Morgan fingerprint density at radius 3 is 1.44 bits per heavy atom. The minimum atomic E-state index is -4.88. The lowest BCUT2D eigenvalue weighted by atomic mass is 10.1. The number of nitrogens with zero attached hydrogens (tertiary/aromatic N) is 6. The average Bonchev–Trinajstić information content (AvgIpc) is 1.64. The number of nitrogen functional groups attached to an aromatic ring is 1. The second-order valence-electron chi connectivity index (χ2n) is 22.5. The zero-order valence-electron chi connectivity index (χ0n) is 52.4. The molecule has 9 heterocycles. The van der Waals surface area contributed by atoms with Crippen LogP contribution in [0.5, 0.6) is 0 Å². The van der Waals surface area contributed by atoms with Crippen LogP contribution in [0.25, 0.3) is 11.2 Å². The van der Waals surface area contributed by atoms with Crippen molar-refractivity contribution in [2.24, 2.45) is 0 Å². The number of aromatic amines is 4. The van der Waals surface area contributed by atoms with E-state index in [4.69, 9.17) is 91.2 Å². The molecule has 4 fully saturated rings. The van der Waals surface area contributed by atoms with Crippen molar-refractivity contribution in [3.8, 4) is 0 Å². The van der Waals surface area contributed by atoms with E-state index in [-0.39, 0.29) is 72.9 Å². The Morgan fingerprint density at radius 2 is 0.990 bits per heavy atom. The van der Waals surface area contributed by atoms with Crippen molar-refractivity contribution in [1.82, 2.24) is 48.2 Å². The van der Waals surface area contributed by atoms with Crippen molar-refractivity contribution in [3.63, 3.8) is 0 Å². The molecule has 19 atom stereocenters. The van der Waals surface area contributed by atoms with Crippen molar-refractivity contribution >= 4 is 123 Å². The Bertz CT molecular complexity index is 4420. The first-order valence-corrected chi connectivity index (χ1v) is 43.7. The van der Waals surface area contributed by atoms with Gasteiger partial charge in [-0.1, -0.05) is 61.2 Å². The Labute approximate surface area is 584 Å². The molecule has 5 aromatic heterocycles. The number of nitrogens with one attached hydrogen (secondary N) is 4. The first-order valence-electron chi connectivity index (χ1n) is 29.2. The summed E-state index contributed by atoms with van der Waals surface area (Å²) in [4.78, 5) is 107. The van der Waals surface area contributed by atoms with Crippen molar-refractivity contribution in [1.29, 1.82) is 0 Å². The van der Waals surface area contributed by atoms with Crippen LogP contribution >= 0.6 is 94.1 Å². The number of anilines is 1. The van der Waals surface area contributed by atoms with Gasteiger partial charge in [0.25, 0.3) is 22.2 Å². The summed E-state index contributed by atoms with van der Waals surface area (Å²) in [6, 6.07) is 0. The SMILES string of the molecule is COC1[C@@H](OP(=O)(S)OCCCO)[C@@H](COP(=O)(S)O[C@@H]2C(OC)[C@H](n3cc(C)c(=O)[nH]c3=O)O[C@@H]2COP(=O)(S)O[C@@H]2C[C@H](n3cc(C)c(=O)[nH]c3=O)O[C@@H]2COP(=O)(S)O[C@@H]2C[C@H](n3cnc4c(=O)[nH]c(N)nc43)O[C@@H]2COP(=S)(S)OC(C)C)O[C@H]1n1cc(C)c(=O)[nH]c1=O. The number of imidazole rings is 1. The number of H-pyrrole nitrogens is 4. The maximum Gasteiger partial charge on any atom is 0.386 e. The van der Waals surface area contributed by atoms with Gasteiger partial charge in [-0.05, 0) is 52.8 Å². The zero-order chi connectivity index (χ0) is 71.7. The van der Waals surface area contributed by atoms with Gasteiger partial charge in [0.15, 0.2) is 23.6 Å². The molecular formula is C48H70N11O28P5S6. The third-order valence-electron chi connectivity index (χ3n) is 15.1. The summed E-state index contributed by atoms with van der Waals surface area (Å²) in [7, 11) is 2.34. The molecule has 0 aromatic carbocycles. The predicted molar refractivity (Wildman–Crippen MR) is 364 cm³/mol. The Morgan fingerprint density at radius 1 is 0.582 bits per heavy atom. The molecule has 4 saturated heterocycles. The van der Waals surface area contributed by atoms with Crippen LogP contribution in [0.2, 0.25) is 0 Å². The Hall–Kier alpha value is -3.17. The first-order chi connectivity index (χ1) is 45.9. The van der Waals surface area contributed by atoms with Gasteiger partial charge in [0.05, 0.1) is 45.5 Å². The molecule has 0 amide bonds. The summed E-state index contributed by atoms with van der Waals surface area (Å²) in [6.07, 6.45) is -16.2. The van der Waals surface area contributed by atoms with E-state index in [1.54, 1.807) is 13.8 Å². The highest BCUT2D eigenvalue weighted by molar-refractivity contribution is 8.60. The van der Waals surface area contributed by atoms with E-state index in [0.29, 0.717) is 0 Å². The Balaban J connectivity index is 0.953. The normalized spacial score (nSPS) is 29.0. The number of hydrogen-bond donors (Lipinski definition) is 11. The minimum absolute atomic E-state index is 0.0160. The van der Waals surface area contributed by atoms with Crippen LogP contribution in [-0.4, -0.2) is 174 Å². The number of aliphatic hydroxyl groups is 1. The summed E-state index contributed by atoms with van der Waals surface area (Å²) >= 11 is 26.8. The molecule has 39 nitrogen and oxygen atoms in total. The number of nitrogens with two attached hydrogens (primary N) is 1. The lowest BCUT2D eigenvalue weighted by molar-refractivity contribution is -0.0625. The molecule has 4 aliphatic heterocycles. The van der Waals surface area contributed by atoms with Crippen LogP contribution in [0.15, 0.2) is 58.5 Å². The molecule has 0 saturated carbocycles. The maximum atomic E-state index is 14.7. The maximum absolute atomic E-state index is 14.7. The molecule has 0 aliphatic carbocycles. The molecule has 0 radical (unpaired) electrons. The molecule has 4 aliphatic rings. The summed E-state index contributed by atoms with van der Waals surface area (Å²) < 4.78 is 156. The molecule has 50 heteroatoms. The lowest BCUT2D eigenvalue weighted by Gasteiger charge is -2.28. The smallest absolute Gasteiger partial charge is 0.386 e. The molecule has 0 bridgehead atoms. The molecule has 0 spiro atoms. The minimum Gasteiger partial charge on any atom is -0.396 e. The van der Waals surface area contributed by atoms with Crippen molar-refractivity contribution < 1.29 is 97.0 Å². The summed E-state index contributed by atoms with van der Waals surface area (Å²) in [5.74, 6) is -0.226. The summed E-state index contributed by atoms with van der Waals surface area (Å²) in [5.41, 5.74) is -3.02. The van der Waals surface area contributed by atoms with Gasteiger partial charge in [0, 0.05) is 68.9 Å². The Kier molecular flexibility index (Phi) is 26.2. The second kappa shape index (κ2) is 32.5. The van der Waals surface area contributed by atoms with Crippen LogP contribution in [0.3, 0.4) is 0 Å². The third kappa shape index (κ3) is 19.4.